The molecule has 0 aliphatic carbocycles. The van der Waals surface area contributed by atoms with E-state index in [0.717, 1.165) is 26.8 Å². The van der Waals surface area contributed by atoms with Crippen LogP contribution in [0.25, 0.3) is 10.1 Å². The van der Waals surface area contributed by atoms with Crippen molar-refractivity contribution in [3.63, 3.8) is 0 Å². The van der Waals surface area contributed by atoms with Gasteiger partial charge in [-0.1, -0.05) is 41.9 Å². The van der Waals surface area contributed by atoms with E-state index in [2.05, 4.69) is 0 Å². The minimum atomic E-state index is -2.53. The van der Waals surface area contributed by atoms with Gasteiger partial charge in [0.1, 0.15) is 5.00 Å². The molecule has 4 aromatic rings. The zero-order valence-corrected chi connectivity index (χ0v) is 19.5. The van der Waals surface area contributed by atoms with Crippen LogP contribution in [0.3, 0.4) is 0 Å². The van der Waals surface area contributed by atoms with E-state index in [9.17, 15) is 18.7 Å². The fraction of sp³-hybridized carbons (Fsp3) is 0.125. The summed E-state index contributed by atoms with van der Waals surface area (Å²) in [6.07, 6.45) is 1.14. The molecule has 1 atom stereocenters. The molecule has 0 aliphatic heterocycles. The Hall–Kier alpha value is -2.71. The SMILES string of the molecule is Cc1c(N(c2ccccc2CCc2cccc(C(=O)O)c2)S(=O)[O-])sc2ccc(Cl)cc12. The molecule has 4 rings (SSSR count). The molecule has 0 radical (unpaired) electrons. The minimum Gasteiger partial charge on any atom is -0.755 e. The van der Waals surface area contributed by atoms with Crippen LogP contribution < -0.4 is 4.31 Å². The quantitative estimate of drug-likeness (QED) is 0.313. The summed E-state index contributed by atoms with van der Waals surface area (Å²) in [5.74, 6) is -0.972. The zero-order chi connectivity index (χ0) is 22.8. The highest BCUT2D eigenvalue weighted by Gasteiger charge is 2.20. The summed E-state index contributed by atoms with van der Waals surface area (Å²) in [5.41, 5.74) is 3.39. The number of anilines is 2. The third-order valence-electron chi connectivity index (χ3n) is 5.27. The lowest BCUT2D eigenvalue weighted by molar-refractivity contribution is 0.0696. The molecule has 1 aromatic heterocycles. The highest BCUT2D eigenvalue weighted by atomic mass is 35.5. The summed E-state index contributed by atoms with van der Waals surface area (Å²) in [6, 6.07) is 19.7. The van der Waals surface area contributed by atoms with Gasteiger partial charge < -0.3 is 9.66 Å². The Morgan fingerprint density at radius 1 is 1.09 bits per heavy atom. The zero-order valence-electron chi connectivity index (χ0n) is 17.1. The molecule has 0 bridgehead atoms. The monoisotopic (exact) mass is 484 g/mol. The van der Waals surface area contributed by atoms with Crippen LogP contribution in [0.2, 0.25) is 5.02 Å². The van der Waals surface area contributed by atoms with E-state index in [1.54, 1.807) is 30.3 Å². The van der Waals surface area contributed by atoms with Gasteiger partial charge in [-0.05, 0) is 78.2 Å². The van der Waals surface area contributed by atoms with Crippen molar-refractivity contribution in [3.05, 3.63) is 94.0 Å². The third kappa shape index (κ3) is 4.56. The van der Waals surface area contributed by atoms with Crippen LogP contribution >= 0.6 is 22.9 Å². The van der Waals surface area contributed by atoms with Crippen LogP contribution in [0.1, 0.15) is 27.0 Å². The molecule has 8 heteroatoms. The van der Waals surface area contributed by atoms with Crippen LogP contribution in [0.5, 0.6) is 0 Å². The van der Waals surface area contributed by atoms with E-state index in [1.807, 2.05) is 43.3 Å². The fourth-order valence-corrected chi connectivity index (χ4v) is 5.88. The average molecular weight is 485 g/mol. The van der Waals surface area contributed by atoms with Crippen molar-refractivity contribution >= 4 is 60.9 Å². The Morgan fingerprint density at radius 2 is 1.88 bits per heavy atom. The average Bonchev–Trinajstić information content (AvgIpc) is 3.09. The maximum absolute atomic E-state index is 12.4. The summed E-state index contributed by atoms with van der Waals surface area (Å²) in [6.45, 7) is 1.89. The van der Waals surface area contributed by atoms with Crippen molar-refractivity contribution in [1.82, 2.24) is 0 Å². The first kappa shape index (κ1) is 22.5. The second-order valence-electron chi connectivity index (χ2n) is 7.32. The number of fused-ring (bicyclic) bond motifs is 1. The number of carbonyl (C=O) groups is 1. The molecule has 0 amide bonds. The van der Waals surface area contributed by atoms with Gasteiger partial charge in [0.25, 0.3) is 0 Å². The maximum Gasteiger partial charge on any atom is 0.335 e. The summed E-state index contributed by atoms with van der Waals surface area (Å²) in [7, 11) is 0. The van der Waals surface area contributed by atoms with Gasteiger partial charge in [0.2, 0.25) is 0 Å². The van der Waals surface area contributed by atoms with Crippen LogP contribution in [0.4, 0.5) is 10.7 Å². The number of aryl methyl sites for hydroxylation is 3. The number of hydrogen-bond acceptors (Lipinski definition) is 4. The van der Waals surface area contributed by atoms with E-state index < -0.39 is 17.2 Å². The fourth-order valence-electron chi connectivity index (χ4n) is 3.69. The van der Waals surface area contributed by atoms with Gasteiger partial charge in [0, 0.05) is 9.72 Å². The van der Waals surface area contributed by atoms with E-state index in [0.29, 0.717) is 28.6 Å². The van der Waals surface area contributed by atoms with Crippen molar-refractivity contribution in [3.8, 4) is 0 Å². The third-order valence-corrected chi connectivity index (χ3v) is 7.56. The van der Waals surface area contributed by atoms with E-state index >= 15 is 0 Å². The standard InChI is InChI=1S/C24H20ClNO4S2/c1-15-20-14-19(25)11-12-22(20)31-23(15)26(32(29)30)21-8-3-2-6-17(21)10-9-16-5-4-7-18(13-16)24(27)28/h2-8,11-14H,9-10H2,1H3,(H,27,28)(H,29,30)/p-1. The van der Waals surface area contributed by atoms with Crippen molar-refractivity contribution in [1.29, 1.82) is 0 Å². The molecular weight excluding hydrogens is 466 g/mol. The van der Waals surface area contributed by atoms with Gasteiger partial charge in [0.05, 0.1) is 22.5 Å². The number of aromatic carboxylic acids is 1. The number of benzene rings is 3. The number of carboxylic acid groups (broad SMARTS) is 1. The number of rotatable bonds is 7. The number of thiophene rings is 1. The van der Waals surface area contributed by atoms with Crippen LogP contribution in [-0.4, -0.2) is 19.8 Å². The van der Waals surface area contributed by atoms with Gasteiger partial charge in [-0.25, -0.2) is 4.79 Å². The molecular formula is C24H19ClNO4S2-. The number of nitrogens with zero attached hydrogens (tertiary/aromatic N) is 1. The van der Waals surface area contributed by atoms with Crippen molar-refractivity contribution < 1.29 is 18.7 Å². The molecule has 1 N–H and O–H groups in total. The predicted octanol–water partition coefficient (Wildman–Crippen LogP) is 6.28. The van der Waals surface area contributed by atoms with Gasteiger partial charge in [0.15, 0.2) is 0 Å². The van der Waals surface area contributed by atoms with Gasteiger partial charge in [-0.15, -0.1) is 11.3 Å². The number of para-hydroxylation sites is 1. The summed E-state index contributed by atoms with van der Waals surface area (Å²) < 4.78 is 27.1. The number of carboxylic acids is 1. The molecule has 0 aliphatic rings. The van der Waals surface area contributed by atoms with Crippen LogP contribution in [0.15, 0.2) is 66.7 Å². The van der Waals surface area contributed by atoms with Crippen LogP contribution in [0, 0.1) is 6.92 Å². The Kier molecular flexibility index (Phi) is 6.62. The Labute approximate surface area is 197 Å². The largest absolute Gasteiger partial charge is 0.755 e. The predicted molar refractivity (Wildman–Crippen MR) is 130 cm³/mol. The Bertz CT molecular complexity index is 1330. The molecule has 0 saturated heterocycles. The molecule has 1 unspecified atom stereocenters. The molecule has 0 saturated carbocycles. The van der Waals surface area contributed by atoms with Gasteiger partial charge in [-0.2, -0.15) is 0 Å². The summed E-state index contributed by atoms with van der Waals surface area (Å²) in [5, 5.41) is 11.4. The van der Waals surface area contributed by atoms with Crippen molar-refractivity contribution in [2.45, 2.75) is 19.8 Å². The molecule has 0 spiro atoms. The molecule has 32 heavy (non-hydrogen) atoms. The highest BCUT2D eigenvalue weighted by molar-refractivity contribution is 7.81. The Balaban J connectivity index is 1.71. The molecule has 3 aromatic carbocycles. The lowest BCUT2D eigenvalue weighted by Gasteiger charge is -2.28. The highest BCUT2D eigenvalue weighted by Crippen LogP contribution is 2.43. The molecule has 164 valence electrons. The van der Waals surface area contributed by atoms with Crippen molar-refractivity contribution in [2.24, 2.45) is 0 Å². The summed E-state index contributed by atoms with van der Waals surface area (Å²) >= 11 is 5.02. The molecule has 1 heterocycles. The van der Waals surface area contributed by atoms with E-state index in [-0.39, 0.29) is 5.56 Å². The van der Waals surface area contributed by atoms with Crippen LogP contribution in [-0.2, 0) is 24.1 Å². The van der Waals surface area contributed by atoms with Crippen molar-refractivity contribution in [2.75, 3.05) is 4.31 Å². The van der Waals surface area contributed by atoms with E-state index in [1.165, 1.54) is 15.6 Å². The lowest BCUT2D eigenvalue weighted by Crippen LogP contribution is -2.20. The van der Waals surface area contributed by atoms with Gasteiger partial charge in [-0.3, -0.25) is 8.51 Å². The smallest absolute Gasteiger partial charge is 0.335 e. The number of halogens is 1. The Morgan fingerprint density at radius 3 is 2.62 bits per heavy atom. The first-order valence-corrected chi connectivity index (χ1v) is 12.1. The van der Waals surface area contributed by atoms with Gasteiger partial charge >= 0.3 is 5.97 Å². The second-order valence-corrected chi connectivity index (χ2v) is 9.58. The molecule has 0 fully saturated rings. The second kappa shape index (κ2) is 9.42. The molecule has 5 nitrogen and oxygen atoms in total. The number of hydrogen-bond donors (Lipinski definition) is 1. The minimum absolute atomic E-state index is 0.234. The maximum atomic E-state index is 12.4. The lowest BCUT2D eigenvalue weighted by atomic mass is 10.0. The first-order valence-electron chi connectivity index (χ1n) is 9.83. The topological polar surface area (TPSA) is 80.7 Å². The van der Waals surface area contributed by atoms with E-state index in [4.69, 9.17) is 11.6 Å². The summed E-state index contributed by atoms with van der Waals surface area (Å²) in [4.78, 5) is 11.2. The normalized spacial score (nSPS) is 12.1. The first-order chi connectivity index (χ1) is 15.3.